The molecule has 0 amide bonds. The lowest BCUT2D eigenvalue weighted by Gasteiger charge is -2.29. The summed E-state index contributed by atoms with van der Waals surface area (Å²) in [4.78, 5) is 50.7. The molecule has 1 aromatic heterocycles. The van der Waals surface area contributed by atoms with Crippen LogP contribution < -0.4 is 22.7 Å². The van der Waals surface area contributed by atoms with E-state index in [9.17, 15) is 29.5 Å². The van der Waals surface area contributed by atoms with Gasteiger partial charge >= 0.3 is 17.6 Å². The summed E-state index contributed by atoms with van der Waals surface area (Å²) in [5.74, 6) is -2.82. The van der Waals surface area contributed by atoms with Gasteiger partial charge in [0.05, 0.1) is 12.7 Å². The number of nitrogens with one attached hydrogen (secondary N) is 1. The summed E-state index contributed by atoms with van der Waals surface area (Å²) in [5.41, 5.74) is 8.16. The minimum Gasteiger partial charge on any atom is -0.464 e. The molecule has 2 unspecified atom stereocenters. The minimum absolute atomic E-state index is 0.192. The fraction of sp³-hybridized carbons (Fsp3) is 0.667. The van der Waals surface area contributed by atoms with E-state index in [-0.39, 0.29) is 24.9 Å². The van der Waals surface area contributed by atoms with Crippen molar-refractivity contribution in [2.24, 2.45) is 29.2 Å². The van der Waals surface area contributed by atoms with Crippen molar-refractivity contribution < 1.29 is 24.2 Å². The number of carbonyl (C=O) groups is 2. The number of nitriles is 1. The maximum absolute atomic E-state index is 12.5. The highest BCUT2D eigenvalue weighted by molar-refractivity contribution is 5.76. The third-order valence-corrected chi connectivity index (χ3v) is 5.96. The molecular formula is C21H31N5O7. The van der Waals surface area contributed by atoms with Gasteiger partial charge in [-0.15, -0.1) is 0 Å². The second-order valence-corrected chi connectivity index (χ2v) is 9.00. The van der Waals surface area contributed by atoms with Gasteiger partial charge in [0, 0.05) is 18.2 Å². The zero-order valence-corrected chi connectivity index (χ0v) is 19.1. The van der Waals surface area contributed by atoms with Gasteiger partial charge in [-0.25, -0.2) is 4.79 Å². The molecule has 6 atom stereocenters. The average Bonchev–Trinajstić information content (AvgIpc) is 3.02. The van der Waals surface area contributed by atoms with E-state index in [1.807, 2.05) is 11.1 Å². The molecule has 1 aliphatic carbocycles. The Hall–Kier alpha value is -3.01. The van der Waals surface area contributed by atoms with Crippen LogP contribution in [-0.4, -0.2) is 57.5 Å². The molecule has 12 heteroatoms. The van der Waals surface area contributed by atoms with E-state index in [2.05, 4.69) is 0 Å². The third-order valence-electron chi connectivity index (χ3n) is 5.96. The fourth-order valence-corrected chi connectivity index (χ4v) is 3.66. The molecule has 1 saturated carbocycles. The monoisotopic (exact) mass is 465 g/mol. The van der Waals surface area contributed by atoms with Crippen molar-refractivity contribution >= 4 is 11.9 Å². The molecule has 1 fully saturated rings. The van der Waals surface area contributed by atoms with Crippen LogP contribution in [-0.2, 0) is 24.6 Å². The van der Waals surface area contributed by atoms with Gasteiger partial charge < -0.3 is 26.0 Å². The maximum Gasteiger partial charge on any atom is 0.329 e. The summed E-state index contributed by atoms with van der Waals surface area (Å²) in [7, 11) is 0. The lowest BCUT2D eigenvalue weighted by molar-refractivity contribution is -0.163. The molecule has 0 saturated heterocycles. The van der Waals surface area contributed by atoms with Crippen molar-refractivity contribution in [3.63, 3.8) is 0 Å². The number of hydrogen-bond donors (Lipinski definition) is 4. The summed E-state index contributed by atoms with van der Waals surface area (Å²) in [5, 5.41) is 21.1. The highest BCUT2D eigenvalue weighted by atomic mass is 16.6. The fourth-order valence-electron chi connectivity index (χ4n) is 3.66. The first-order valence-electron chi connectivity index (χ1n) is 10.7. The van der Waals surface area contributed by atoms with E-state index in [1.54, 1.807) is 27.7 Å². The molecule has 182 valence electrons. The Morgan fingerprint density at radius 2 is 1.82 bits per heavy atom. The van der Waals surface area contributed by atoms with Crippen LogP contribution in [0, 0.1) is 29.1 Å². The first kappa shape index (κ1) is 26.2. The largest absolute Gasteiger partial charge is 0.464 e. The Kier molecular flexibility index (Phi) is 8.18. The van der Waals surface area contributed by atoms with Crippen molar-refractivity contribution in [2.75, 3.05) is 6.61 Å². The number of carbonyl (C=O) groups excluding carboxylic acids is 2. The number of aromatic amines is 1. The topological polar surface area (TPSA) is 204 Å². The summed E-state index contributed by atoms with van der Waals surface area (Å²) in [6, 6.07) is 1.05. The van der Waals surface area contributed by atoms with Gasteiger partial charge in [0.1, 0.15) is 24.3 Å². The van der Waals surface area contributed by atoms with Crippen LogP contribution in [0.2, 0.25) is 0 Å². The van der Waals surface area contributed by atoms with Crippen LogP contribution in [0.3, 0.4) is 0 Å². The summed E-state index contributed by atoms with van der Waals surface area (Å²) >= 11 is 0. The van der Waals surface area contributed by atoms with Crippen LogP contribution in [0.1, 0.15) is 34.1 Å². The van der Waals surface area contributed by atoms with E-state index in [4.69, 9.17) is 20.9 Å². The van der Waals surface area contributed by atoms with Crippen LogP contribution in [0.25, 0.3) is 0 Å². The number of esters is 2. The average molecular weight is 466 g/mol. The van der Waals surface area contributed by atoms with Crippen LogP contribution in [0.15, 0.2) is 21.9 Å². The smallest absolute Gasteiger partial charge is 0.329 e. The predicted octanol–water partition coefficient (Wildman–Crippen LogP) is -1.44. The second kappa shape index (κ2) is 10.3. The molecule has 1 aliphatic rings. The maximum atomic E-state index is 12.5. The highest BCUT2D eigenvalue weighted by Crippen LogP contribution is 2.42. The zero-order chi connectivity index (χ0) is 25.1. The molecule has 12 nitrogen and oxygen atoms in total. The van der Waals surface area contributed by atoms with Crippen molar-refractivity contribution in [2.45, 2.75) is 63.9 Å². The Morgan fingerprint density at radius 1 is 1.24 bits per heavy atom. The molecule has 0 aromatic carbocycles. The zero-order valence-electron chi connectivity index (χ0n) is 19.1. The van der Waals surface area contributed by atoms with Crippen molar-refractivity contribution in [3.8, 4) is 6.07 Å². The molecule has 0 radical (unpaired) electrons. The molecule has 33 heavy (non-hydrogen) atoms. The number of ether oxygens (including phenoxy) is 2. The van der Waals surface area contributed by atoms with Crippen LogP contribution in [0.4, 0.5) is 0 Å². The van der Waals surface area contributed by atoms with Gasteiger partial charge in [-0.3, -0.25) is 23.9 Å². The van der Waals surface area contributed by atoms with Crippen LogP contribution >= 0.6 is 0 Å². The lowest BCUT2D eigenvalue weighted by Crippen LogP contribution is -2.51. The number of aromatic nitrogens is 2. The molecule has 0 aliphatic heterocycles. The molecule has 1 heterocycles. The summed E-state index contributed by atoms with van der Waals surface area (Å²) in [6.45, 7) is 6.58. The first-order valence-corrected chi connectivity index (χ1v) is 10.7. The number of rotatable bonds is 8. The van der Waals surface area contributed by atoms with Crippen molar-refractivity contribution in [3.05, 3.63) is 33.1 Å². The lowest BCUT2D eigenvalue weighted by atomic mass is 9.95. The molecule has 0 spiro atoms. The number of aliphatic hydroxyl groups excluding tert-OH is 1. The van der Waals surface area contributed by atoms with Gasteiger partial charge in [0.15, 0.2) is 5.54 Å². The quantitative estimate of drug-likeness (QED) is 0.329. The van der Waals surface area contributed by atoms with Gasteiger partial charge in [-0.1, -0.05) is 27.7 Å². The Labute approximate surface area is 190 Å². The summed E-state index contributed by atoms with van der Waals surface area (Å²) in [6.07, 6.45) is -2.13. The van der Waals surface area contributed by atoms with E-state index >= 15 is 0 Å². The van der Waals surface area contributed by atoms with Gasteiger partial charge in [-0.05, 0) is 18.3 Å². The molecular weight excluding hydrogens is 434 g/mol. The van der Waals surface area contributed by atoms with Gasteiger partial charge in [0.25, 0.3) is 5.56 Å². The van der Waals surface area contributed by atoms with E-state index in [1.165, 1.54) is 0 Å². The Morgan fingerprint density at radius 3 is 2.33 bits per heavy atom. The van der Waals surface area contributed by atoms with Crippen LogP contribution in [0.5, 0.6) is 0 Å². The minimum atomic E-state index is -1.90. The van der Waals surface area contributed by atoms with E-state index < -0.39 is 58.9 Å². The first-order chi connectivity index (χ1) is 15.3. The molecule has 2 rings (SSSR count). The van der Waals surface area contributed by atoms with Gasteiger partial charge in [0.2, 0.25) is 0 Å². The third kappa shape index (κ3) is 5.32. The molecule has 0 bridgehead atoms. The predicted molar refractivity (Wildman–Crippen MR) is 115 cm³/mol. The standard InChI is InChI=1S/C21H31N5O7/c1-10(2)14(23)18(29)32-8-12-7-21(9-22,26-6-5-13(27)25-20(26)31)17(28)16(12)33-19(30)15(24)11(3)4/h5-6,10-12,14-17,28H,7-8,23-24H2,1-4H3,(H,25,27,31)/t12-,14-,15-,16?,17?,21+/m1/s1. The number of nitrogens with two attached hydrogens (primary N) is 2. The summed E-state index contributed by atoms with van der Waals surface area (Å²) < 4.78 is 11.6. The van der Waals surface area contributed by atoms with Gasteiger partial charge in [-0.2, -0.15) is 5.26 Å². The van der Waals surface area contributed by atoms with Crippen molar-refractivity contribution in [1.82, 2.24) is 9.55 Å². The van der Waals surface area contributed by atoms with Crippen molar-refractivity contribution in [1.29, 1.82) is 5.26 Å². The number of aliphatic hydroxyl groups is 1. The molecule has 1 aromatic rings. The Balaban J connectivity index is 2.42. The number of nitrogens with zero attached hydrogens (tertiary/aromatic N) is 2. The number of hydrogen-bond acceptors (Lipinski definition) is 10. The highest BCUT2D eigenvalue weighted by Gasteiger charge is 2.58. The molecule has 6 N–H and O–H groups in total. The second-order valence-electron chi connectivity index (χ2n) is 9.00. The Bertz CT molecular complexity index is 1030. The van der Waals surface area contributed by atoms with E-state index in [0.717, 1.165) is 16.8 Å². The normalized spacial score (nSPS) is 26.6. The van der Waals surface area contributed by atoms with E-state index in [0.29, 0.717) is 0 Å². The number of H-pyrrole nitrogens is 1. The SMILES string of the molecule is CC(C)[C@@H](N)C(=O)OC[C@H]1C[C@@](C#N)(n2ccc(=O)[nH]c2=O)C(O)C1OC(=O)[C@H](N)C(C)C.